The Kier molecular flexibility index (Phi) is 4.82. The van der Waals surface area contributed by atoms with Gasteiger partial charge in [-0.25, -0.2) is 19.0 Å². The van der Waals surface area contributed by atoms with Crippen molar-refractivity contribution in [3.8, 4) is 16.4 Å². The van der Waals surface area contributed by atoms with Crippen LogP contribution in [0.15, 0.2) is 66.0 Å². The number of aromatic nitrogens is 4. The average molecular weight is 436 g/mol. The second-order valence-corrected chi connectivity index (χ2v) is 8.45. The Morgan fingerprint density at radius 2 is 1.87 bits per heavy atom. The smallest absolute Gasteiger partial charge is 0.291 e. The fourth-order valence-electron chi connectivity index (χ4n) is 2.97. The number of carbonyl (C=O) groups is 1. The normalized spacial score (nSPS) is 11.1. The molecule has 0 aliphatic carbocycles. The maximum Gasteiger partial charge on any atom is 0.291 e. The van der Waals surface area contributed by atoms with Crippen molar-refractivity contribution in [2.75, 3.05) is 0 Å². The van der Waals surface area contributed by atoms with Crippen molar-refractivity contribution < 1.29 is 9.18 Å². The summed E-state index contributed by atoms with van der Waals surface area (Å²) >= 11 is 3.02. The quantitative estimate of drug-likeness (QED) is 0.435. The third-order valence-corrected chi connectivity index (χ3v) is 6.26. The van der Waals surface area contributed by atoms with E-state index in [4.69, 9.17) is 0 Å². The Morgan fingerprint density at radius 3 is 2.63 bits per heavy atom. The van der Waals surface area contributed by atoms with Gasteiger partial charge in [0, 0.05) is 0 Å². The van der Waals surface area contributed by atoms with Crippen molar-refractivity contribution in [1.29, 1.82) is 0 Å². The lowest BCUT2D eigenvalue weighted by Gasteiger charge is -2.04. The van der Waals surface area contributed by atoms with Gasteiger partial charge in [0.05, 0.1) is 27.3 Å². The molecule has 0 fully saturated rings. The molecule has 1 amide bonds. The number of rotatable bonds is 5. The number of para-hydroxylation sites is 1. The monoisotopic (exact) mass is 435 g/mol. The van der Waals surface area contributed by atoms with Gasteiger partial charge in [0.2, 0.25) is 5.82 Å². The highest BCUT2D eigenvalue weighted by Crippen LogP contribution is 2.26. The lowest BCUT2D eigenvalue weighted by atomic mass is 10.3. The molecule has 0 saturated heterocycles. The number of thiophene rings is 1. The number of nitrogens with zero attached hydrogens (tertiary/aromatic N) is 4. The van der Waals surface area contributed by atoms with Crippen LogP contribution in [0.25, 0.3) is 26.6 Å². The van der Waals surface area contributed by atoms with Gasteiger partial charge in [-0.3, -0.25) is 4.79 Å². The van der Waals surface area contributed by atoms with Crippen LogP contribution in [0.5, 0.6) is 0 Å². The summed E-state index contributed by atoms with van der Waals surface area (Å²) in [6.45, 7) is 0.289. The lowest BCUT2D eigenvalue weighted by molar-refractivity contribution is 0.0940. The van der Waals surface area contributed by atoms with Gasteiger partial charge in [-0.2, -0.15) is 0 Å². The maximum atomic E-state index is 13.3. The van der Waals surface area contributed by atoms with Crippen molar-refractivity contribution in [3.63, 3.8) is 0 Å². The lowest BCUT2D eigenvalue weighted by Crippen LogP contribution is -2.24. The number of benzene rings is 2. The number of hydrogen-bond donors (Lipinski definition) is 1. The first-order valence-corrected chi connectivity index (χ1v) is 10.8. The van der Waals surface area contributed by atoms with Crippen LogP contribution in [-0.2, 0) is 6.54 Å². The summed E-state index contributed by atoms with van der Waals surface area (Å²) < 4.78 is 16.0. The molecular weight excluding hydrogens is 421 g/mol. The molecular formula is C21H14FN5OS2. The first-order valence-electron chi connectivity index (χ1n) is 9.07. The minimum Gasteiger partial charge on any atom is -0.343 e. The van der Waals surface area contributed by atoms with Crippen LogP contribution >= 0.6 is 22.7 Å². The summed E-state index contributed by atoms with van der Waals surface area (Å²) in [4.78, 5) is 22.6. The molecule has 5 aromatic rings. The minimum absolute atomic E-state index is 0.0452. The molecule has 30 heavy (non-hydrogen) atoms. The van der Waals surface area contributed by atoms with Crippen molar-refractivity contribution in [1.82, 2.24) is 25.1 Å². The number of fused-ring (bicyclic) bond motifs is 1. The molecule has 3 aromatic heterocycles. The molecule has 6 nitrogen and oxygen atoms in total. The molecule has 0 bridgehead atoms. The fourth-order valence-corrected chi connectivity index (χ4v) is 4.57. The predicted octanol–water partition coefficient (Wildman–Crippen LogP) is 4.67. The van der Waals surface area contributed by atoms with Crippen LogP contribution in [0.1, 0.15) is 15.6 Å². The van der Waals surface area contributed by atoms with Gasteiger partial charge in [-0.1, -0.05) is 18.2 Å². The Morgan fingerprint density at radius 1 is 1.03 bits per heavy atom. The molecule has 2 aromatic carbocycles. The molecule has 0 aliphatic heterocycles. The fraction of sp³-hybridized carbons (Fsp3) is 0.0476. The van der Waals surface area contributed by atoms with Crippen LogP contribution in [-0.4, -0.2) is 25.7 Å². The van der Waals surface area contributed by atoms with Gasteiger partial charge in [0.1, 0.15) is 10.8 Å². The maximum absolute atomic E-state index is 13.3. The van der Waals surface area contributed by atoms with Crippen LogP contribution in [0.4, 0.5) is 4.39 Å². The van der Waals surface area contributed by atoms with Crippen LogP contribution in [0, 0.1) is 5.82 Å². The molecule has 0 unspecified atom stereocenters. The van der Waals surface area contributed by atoms with E-state index in [0.717, 1.165) is 20.1 Å². The van der Waals surface area contributed by atoms with E-state index in [1.54, 1.807) is 16.8 Å². The predicted molar refractivity (Wildman–Crippen MR) is 115 cm³/mol. The molecule has 3 heterocycles. The minimum atomic E-state index is -0.395. The van der Waals surface area contributed by atoms with Crippen molar-refractivity contribution in [2.24, 2.45) is 0 Å². The summed E-state index contributed by atoms with van der Waals surface area (Å²) in [6.07, 6.45) is 0. The summed E-state index contributed by atoms with van der Waals surface area (Å²) in [6, 6.07) is 17.5. The van der Waals surface area contributed by atoms with Gasteiger partial charge < -0.3 is 5.32 Å². The van der Waals surface area contributed by atoms with E-state index in [2.05, 4.69) is 20.4 Å². The molecule has 0 atom stereocenters. The SMILES string of the molecule is O=C(NCc1nc2ccccc2s1)c1nc(-c2cccs2)n(-c2ccc(F)cc2)n1. The molecule has 0 aliphatic rings. The number of thiazole rings is 1. The van der Waals surface area contributed by atoms with E-state index in [-0.39, 0.29) is 18.2 Å². The Labute approximate surface area is 178 Å². The van der Waals surface area contributed by atoms with Crippen LogP contribution in [0.3, 0.4) is 0 Å². The molecule has 1 N–H and O–H groups in total. The molecule has 0 spiro atoms. The highest BCUT2D eigenvalue weighted by Gasteiger charge is 2.19. The van der Waals surface area contributed by atoms with E-state index >= 15 is 0 Å². The van der Waals surface area contributed by atoms with Crippen molar-refractivity contribution in [2.45, 2.75) is 6.54 Å². The molecule has 5 rings (SSSR count). The first kappa shape index (κ1) is 18.6. The molecule has 0 radical (unpaired) electrons. The zero-order chi connectivity index (χ0) is 20.5. The number of hydrogen-bond acceptors (Lipinski definition) is 6. The summed E-state index contributed by atoms with van der Waals surface area (Å²) in [5, 5.41) is 9.95. The van der Waals surface area contributed by atoms with Crippen molar-refractivity contribution in [3.05, 3.63) is 82.7 Å². The highest BCUT2D eigenvalue weighted by molar-refractivity contribution is 7.18. The number of amides is 1. The van der Waals surface area contributed by atoms with Gasteiger partial charge in [0.25, 0.3) is 5.91 Å². The van der Waals surface area contributed by atoms with Crippen LogP contribution < -0.4 is 5.32 Å². The molecule has 148 valence electrons. The first-order chi connectivity index (χ1) is 14.7. The topological polar surface area (TPSA) is 72.7 Å². The van der Waals surface area contributed by atoms with Gasteiger partial charge in [-0.05, 0) is 47.8 Å². The van der Waals surface area contributed by atoms with E-state index in [0.29, 0.717) is 11.5 Å². The molecule has 0 saturated carbocycles. The van der Waals surface area contributed by atoms with E-state index in [9.17, 15) is 9.18 Å². The van der Waals surface area contributed by atoms with Crippen LogP contribution in [0.2, 0.25) is 0 Å². The number of nitrogens with one attached hydrogen (secondary N) is 1. The van der Waals surface area contributed by atoms with E-state index in [1.807, 2.05) is 41.8 Å². The Bertz CT molecular complexity index is 1290. The summed E-state index contributed by atoms with van der Waals surface area (Å²) in [5.74, 6) is -0.163. The zero-order valence-corrected chi connectivity index (χ0v) is 17.1. The molecule has 9 heteroatoms. The number of carbonyl (C=O) groups excluding carboxylic acids is 1. The Hall–Kier alpha value is -3.43. The second kappa shape index (κ2) is 7.77. The van der Waals surface area contributed by atoms with Gasteiger partial charge >= 0.3 is 0 Å². The van der Waals surface area contributed by atoms with Crippen molar-refractivity contribution >= 4 is 38.8 Å². The third-order valence-electron chi connectivity index (χ3n) is 4.36. The zero-order valence-electron chi connectivity index (χ0n) is 15.4. The largest absolute Gasteiger partial charge is 0.343 e. The van der Waals surface area contributed by atoms with E-state index < -0.39 is 5.91 Å². The number of halogens is 1. The standard InChI is InChI=1S/C21H14FN5OS2/c22-13-7-9-14(10-8-13)27-20(17-6-3-11-29-17)25-19(26-27)21(28)23-12-18-24-15-4-1-2-5-16(15)30-18/h1-11H,12H2,(H,23,28). The van der Waals surface area contributed by atoms with Gasteiger partial charge in [-0.15, -0.1) is 27.8 Å². The Balaban J connectivity index is 1.42. The summed E-state index contributed by atoms with van der Waals surface area (Å²) in [5.41, 5.74) is 1.53. The second-order valence-electron chi connectivity index (χ2n) is 6.38. The van der Waals surface area contributed by atoms with Gasteiger partial charge in [0.15, 0.2) is 5.82 Å². The average Bonchev–Trinajstić information content (AvgIpc) is 3.51. The third kappa shape index (κ3) is 3.60. The highest BCUT2D eigenvalue weighted by atomic mass is 32.1. The van der Waals surface area contributed by atoms with E-state index in [1.165, 1.54) is 34.8 Å². The summed E-state index contributed by atoms with van der Waals surface area (Å²) in [7, 11) is 0.